The van der Waals surface area contributed by atoms with Crippen molar-refractivity contribution in [3.8, 4) is 0 Å². The number of rotatable bonds is 8. The summed E-state index contributed by atoms with van der Waals surface area (Å²) < 4.78 is 10.6. The molecule has 0 spiro atoms. The van der Waals surface area contributed by atoms with Crippen LogP contribution in [0.3, 0.4) is 0 Å². The number of carbonyl (C=O) groups excluding carboxylic acids is 3. The Morgan fingerprint density at radius 1 is 0.694 bits per heavy atom. The van der Waals surface area contributed by atoms with Gasteiger partial charge in [-0.15, -0.1) is 0 Å². The predicted molar refractivity (Wildman–Crippen MR) is 133 cm³/mol. The van der Waals surface area contributed by atoms with Crippen molar-refractivity contribution < 1.29 is 33.8 Å². The first-order valence-electron chi connectivity index (χ1n) is 11.2. The van der Waals surface area contributed by atoms with E-state index in [0.717, 1.165) is 22.3 Å². The van der Waals surface area contributed by atoms with Gasteiger partial charge in [0.1, 0.15) is 0 Å². The Balaban J connectivity index is 1.94. The van der Waals surface area contributed by atoms with Crippen LogP contribution in [0.15, 0.2) is 66.7 Å². The van der Waals surface area contributed by atoms with Gasteiger partial charge in [0.05, 0.1) is 11.1 Å². The van der Waals surface area contributed by atoms with Crippen molar-refractivity contribution in [2.24, 2.45) is 0 Å². The van der Waals surface area contributed by atoms with Crippen LogP contribution in [0.4, 0.5) is 5.69 Å². The summed E-state index contributed by atoms with van der Waals surface area (Å²) in [4.78, 5) is 51.0. The Bertz CT molecular complexity index is 1310. The van der Waals surface area contributed by atoms with Crippen molar-refractivity contribution in [3.63, 3.8) is 0 Å². The molecule has 8 heteroatoms. The topological polar surface area (TPSA) is 119 Å². The van der Waals surface area contributed by atoms with Crippen LogP contribution in [-0.2, 0) is 19.1 Å². The van der Waals surface area contributed by atoms with Crippen LogP contribution < -0.4 is 5.32 Å². The number of ether oxygens (including phenoxy) is 2. The number of esters is 2. The molecule has 0 aliphatic rings. The van der Waals surface area contributed by atoms with E-state index in [1.165, 1.54) is 24.3 Å². The molecule has 8 nitrogen and oxygen atoms in total. The number of amides is 1. The fourth-order valence-electron chi connectivity index (χ4n) is 3.56. The van der Waals surface area contributed by atoms with E-state index in [0.29, 0.717) is 5.69 Å². The summed E-state index contributed by atoms with van der Waals surface area (Å²) in [5, 5.41) is 12.5. The molecule has 1 amide bonds. The standard InChI is InChI=1S/C28H27NO7/c1-16-7-5-9-20(14-16)27(33)35-23(25(30)29-22-12-11-18(3)13-19(22)4)24(26(31)32)36-28(34)21-10-6-8-17(2)15-21/h5-15,23-24H,1-4H3,(H,29,30)(H,31,32)/t23-,24+/m0/s1. The molecule has 186 valence electrons. The van der Waals surface area contributed by atoms with Crippen LogP contribution in [0.5, 0.6) is 0 Å². The second kappa shape index (κ2) is 11.3. The van der Waals surface area contributed by atoms with Crippen LogP contribution in [0.2, 0.25) is 0 Å². The van der Waals surface area contributed by atoms with Gasteiger partial charge in [-0.05, 0) is 63.6 Å². The molecule has 0 aromatic heterocycles. The molecular weight excluding hydrogens is 462 g/mol. The quantitative estimate of drug-likeness (QED) is 0.450. The van der Waals surface area contributed by atoms with Gasteiger partial charge in [0.2, 0.25) is 12.2 Å². The molecule has 3 rings (SSSR count). The Labute approximate surface area is 208 Å². The summed E-state index contributed by atoms with van der Waals surface area (Å²) in [5.41, 5.74) is 3.82. The van der Waals surface area contributed by atoms with E-state index in [1.807, 2.05) is 13.0 Å². The first kappa shape index (κ1) is 26.2. The summed E-state index contributed by atoms with van der Waals surface area (Å²) in [6.07, 6.45) is -4.07. The predicted octanol–water partition coefficient (Wildman–Crippen LogP) is 4.39. The van der Waals surface area contributed by atoms with Crippen molar-refractivity contribution >= 4 is 29.5 Å². The molecule has 0 unspecified atom stereocenters. The van der Waals surface area contributed by atoms with E-state index in [1.54, 1.807) is 57.2 Å². The van der Waals surface area contributed by atoms with Crippen LogP contribution in [0.25, 0.3) is 0 Å². The third-order valence-electron chi connectivity index (χ3n) is 5.39. The Hall–Kier alpha value is -4.46. The largest absolute Gasteiger partial charge is 0.478 e. The summed E-state index contributed by atoms with van der Waals surface area (Å²) in [5.74, 6) is -4.50. The Morgan fingerprint density at radius 2 is 1.19 bits per heavy atom. The van der Waals surface area contributed by atoms with Crippen molar-refractivity contribution in [1.82, 2.24) is 0 Å². The molecule has 0 aliphatic carbocycles. The molecule has 36 heavy (non-hydrogen) atoms. The van der Waals surface area contributed by atoms with Gasteiger partial charge in [-0.3, -0.25) is 4.79 Å². The SMILES string of the molecule is Cc1cccc(C(=O)O[C@H](C(=O)Nc2ccc(C)cc2C)[C@@H](OC(=O)c2cccc(C)c2)C(=O)O)c1. The summed E-state index contributed by atoms with van der Waals surface area (Å²) in [6.45, 7) is 7.18. The minimum Gasteiger partial charge on any atom is -0.478 e. The average Bonchev–Trinajstić information content (AvgIpc) is 2.82. The zero-order valence-corrected chi connectivity index (χ0v) is 20.4. The highest BCUT2D eigenvalue weighted by molar-refractivity contribution is 6.01. The summed E-state index contributed by atoms with van der Waals surface area (Å²) in [7, 11) is 0. The number of aryl methyl sites for hydroxylation is 4. The van der Waals surface area contributed by atoms with Crippen LogP contribution in [-0.4, -0.2) is 41.1 Å². The van der Waals surface area contributed by atoms with Crippen LogP contribution >= 0.6 is 0 Å². The van der Waals surface area contributed by atoms with Crippen molar-refractivity contribution in [1.29, 1.82) is 0 Å². The number of hydrogen-bond donors (Lipinski definition) is 2. The number of carboxylic acids is 1. The minimum atomic E-state index is -2.10. The second-order valence-corrected chi connectivity index (χ2v) is 8.54. The molecule has 2 N–H and O–H groups in total. The minimum absolute atomic E-state index is 0.0970. The number of carboxylic acid groups (broad SMARTS) is 1. The number of anilines is 1. The number of hydrogen-bond acceptors (Lipinski definition) is 6. The van der Waals surface area contributed by atoms with E-state index >= 15 is 0 Å². The lowest BCUT2D eigenvalue weighted by Gasteiger charge is -2.24. The lowest BCUT2D eigenvalue weighted by Crippen LogP contribution is -2.48. The van der Waals surface area contributed by atoms with E-state index in [4.69, 9.17) is 9.47 Å². The number of nitrogens with one attached hydrogen (secondary N) is 1. The first-order chi connectivity index (χ1) is 17.0. The molecule has 0 radical (unpaired) electrons. The lowest BCUT2D eigenvalue weighted by atomic mass is 10.1. The molecule has 0 aliphatic heterocycles. The highest BCUT2D eigenvalue weighted by atomic mass is 16.6. The van der Waals surface area contributed by atoms with Gasteiger partial charge in [0.15, 0.2) is 0 Å². The second-order valence-electron chi connectivity index (χ2n) is 8.54. The monoisotopic (exact) mass is 489 g/mol. The lowest BCUT2D eigenvalue weighted by molar-refractivity contribution is -0.157. The molecule has 3 aromatic rings. The fraction of sp³-hybridized carbons (Fsp3) is 0.214. The van der Waals surface area contributed by atoms with Gasteiger partial charge < -0.3 is 19.9 Å². The summed E-state index contributed by atoms with van der Waals surface area (Å²) >= 11 is 0. The molecule has 3 aromatic carbocycles. The molecular formula is C28H27NO7. The molecule has 2 atom stereocenters. The van der Waals surface area contributed by atoms with Gasteiger partial charge in [-0.1, -0.05) is 53.1 Å². The Kier molecular flexibility index (Phi) is 8.22. The zero-order valence-electron chi connectivity index (χ0n) is 20.4. The van der Waals surface area contributed by atoms with E-state index in [2.05, 4.69) is 5.32 Å². The molecule has 0 heterocycles. The van der Waals surface area contributed by atoms with Gasteiger partial charge in [0.25, 0.3) is 5.91 Å². The third kappa shape index (κ3) is 6.56. The Morgan fingerprint density at radius 3 is 1.67 bits per heavy atom. The maximum absolute atomic E-state index is 13.3. The summed E-state index contributed by atoms with van der Waals surface area (Å²) in [6, 6.07) is 18.0. The highest BCUT2D eigenvalue weighted by Crippen LogP contribution is 2.20. The maximum Gasteiger partial charge on any atom is 0.349 e. The van der Waals surface area contributed by atoms with Gasteiger partial charge in [0, 0.05) is 5.69 Å². The van der Waals surface area contributed by atoms with E-state index < -0.39 is 36.0 Å². The van der Waals surface area contributed by atoms with Gasteiger partial charge in [-0.25, -0.2) is 14.4 Å². The van der Waals surface area contributed by atoms with E-state index in [-0.39, 0.29) is 11.1 Å². The molecule has 0 saturated carbocycles. The molecule has 0 fully saturated rings. The fourth-order valence-corrected chi connectivity index (χ4v) is 3.56. The highest BCUT2D eigenvalue weighted by Gasteiger charge is 2.41. The number of benzene rings is 3. The third-order valence-corrected chi connectivity index (χ3v) is 5.39. The normalized spacial score (nSPS) is 12.2. The smallest absolute Gasteiger partial charge is 0.349 e. The van der Waals surface area contributed by atoms with Gasteiger partial charge >= 0.3 is 17.9 Å². The number of carbonyl (C=O) groups is 4. The zero-order chi connectivity index (χ0) is 26.4. The number of aliphatic carboxylic acids is 1. The van der Waals surface area contributed by atoms with Crippen molar-refractivity contribution in [2.75, 3.05) is 5.32 Å². The van der Waals surface area contributed by atoms with E-state index in [9.17, 15) is 24.3 Å². The van der Waals surface area contributed by atoms with Crippen molar-refractivity contribution in [2.45, 2.75) is 39.9 Å². The van der Waals surface area contributed by atoms with Crippen LogP contribution in [0, 0.1) is 27.7 Å². The molecule has 0 bridgehead atoms. The van der Waals surface area contributed by atoms with Gasteiger partial charge in [-0.2, -0.15) is 0 Å². The first-order valence-corrected chi connectivity index (χ1v) is 11.2. The maximum atomic E-state index is 13.3. The molecule has 0 saturated heterocycles. The average molecular weight is 490 g/mol. The van der Waals surface area contributed by atoms with Crippen molar-refractivity contribution in [3.05, 3.63) is 100 Å². The van der Waals surface area contributed by atoms with Crippen LogP contribution in [0.1, 0.15) is 43.0 Å².